The van der Waals surface area contributed by atoms with Crippen molar-refractivity contribution in [3.63, 3.8) is 0 Å². The van der Waals surface area contributed by atoms with Crippen molar-refractivity contribution in [1.82, 2.24) is 14.8 Å². The van der Waals surface area contributed by atoms with Gasteiger partial charge in [-0.05, 0) is 25.5 Å². The maximum atomic E-state index is 10.6. The number of hydrogen-bond donors (Lipinski definition) is 2. The molecule has 21 heavy (non-hydrogen) atoms. The number of nitrogens with zero attached hydrogens (tertiary/aromatic N) is 4. The van der Waals surface area contributed by atoms with Gasteiger partial charge in [-0.15, -0.1) is 0 Å². The van der Waals surface area contributed by atoms with Crippen LogP contribution in [-0.2, 0) is 11.2 Å². The molecule has 0 bridgehead atoms. The highest BCUT2D eigenvalue weighted by Gasteiger charge is 2.19. The second kappa shape index (κ2) is 5.63. The Balaban J connectivity index is 2.45. The fraction of sp³-hybridized carbons (Fsp3) is 0.286. The summed E-state index contributed by atoms with van der Waals surface area (Å²) in [4.78, 5) is 14.8. The highest BCUT2D eigenvalue weighted by Crippen LogP contribution is 2.27. The van der Waals surface area contributed by atoms with Crippen LogP contribution >= 0.6 is 0 Å². The first-order chi connectivity index (χ1) is 9.93. The fourth-order valence-electron chi connectivity index (χ4n) is 1.97. The predicted molar refractivity (Wildman–Crippen MR) is 76.3 cm³/mol. The van der Waals surface area contributed by atoms with E-state index in [1.807, 2.05) is 19.9 Å². The lowest BCUT2D eigenvalue weighted by Crippen LogP contribution is -2.07. The Morgan fingerprint density at radius 2 is 2.24 bits per heavy atom. The van der Waals surface area contributed by atoms with Crippen molar-refractivity contribution in [3.8, 4) is 17.5 Å². The quantitative estimate of drug-likeness (QED) is 0.881. The van der Waals surface area contributed by atoms with Crippen LogP contribution in [-0.4, -0.2) is 25.8 Å². The maximum absolute atomic E-state index is 10.6. The van der Waals surface area contributed by atoms with Crippen molar-refractivity contribution in [2.45, 2.75) is 26.3 Å². The first-order valence-electron chi connectivity index (χ1n) is 6.39. The number of carboxylic acids is 1. The Kier molecular flexibility index (Phi) is 3.89. The van der Waals surface area contributed by atoms with E-state index in [2.05, 4.69) is 10.1 Å². The Labute approximate surface area is 121 Å². The monoisotopic (exact) mass is 285 g/mol. The van der Waals surface area contributed by atoms with Crippen molar-refractivity contribution >= 4 is 11.8 Å². The number of anilines is 1. The van der Waals surface area contributed by atoms with Crippen LogP contribution < -0.4 is 5.73 Å². The van der Waals surface area contributed by atoms with Gasteiger partial charge in [-0.2, -0.15) is 10.4 Å². The van der Waals surface area contributed by atoms with E-state index < -0.39 is 5.97 Å². The molecule has 0 aliphatic carbocycles. The van der Waals surface area contributed by atoms with Crippen molar-refractivity contribution in [1.29, 1.82) is 5.26 Å². The third-order valence-corrected chi connectivity index (χ3v) is 2.97. The van der Waals surface area contributed by atoms with Gasteiger partial charge in [0.15, 0.2) is 0 Å². The summed E-state index contributed by atoms with van der Waals surface area (Å²) >= 11 is 0. The Bertz CT molecular complexity index is 710. The molecule has 0 aliphatic heterocycles. The van der Waals surface area contributed by atoms with Crippen LogP contribution in [0.3, 0.4) is 0 Å². The van der Waals surface area contributed by atoms with Crippen LogP contribution in [0.25, 0.3) is 11.4 Å². The molecule has 0 aromatic carbocycles. The summed E-state index contributed by atoms with van der Waals surface area (Å²) < 4.78 is 1.57. The number of nitriles is 1. The van der Waals surface area contributed by atoms with E-state index in [1.165, 1.54) is 6.20 Å². The van der Waals surface area contributed by atoms with Gasteiger partial charge < -0.3 is 10.8 Å². The Morgan fingerprint density at radius 1 is 1.52 bits per heavy atom. The van der Waals surface area contributed by atoms with Gasteiger partial charge in [0.2, 0.25) is 0 Å². The third-order valence-electron chi connectivity index (χ3n) is 2.97. The number of nitrogen functional groups attached to an aromatic ring is 1. The third kappa shape index (κ3) is 2.84. The van der Waals surface area contributed by atoms with Gasteiger partial charge in [-0.1, -0.05) is 6.07 Å². The molecular weight excluding hydrogens is 270 g/mol. The molecule has 0 spiro atoms. The zero-order valence-electron chi connectivity index (χ0n) is 11.7. The molecule has 2 rings (SSSR count). The normalized spacial score (nSPS) is 10.6. The van der Waals surface area contributed by atoms with E-state index >= 15 is 0 Å². The minimum Gasteiger partial charge on any atom is -0.481 e. The lowest BCUT2D eigenvalue weighted by molar-refractivity contribution is -0.136. The molecule has 0 aliphatic rings. The van der Waals surface area contributed by atoms with Gasteiger partial charge >= 0.3 is 5.97 Å². The smallest absolute Gasteiger partial charge is 0.307 e. The molecule has 0 saturated carbocycles. The van der Waals surface area contributed by atoms with E-state index in [0.29, 0.717) is 22.8 Å². The topological polar surface area (TPSA) is 118 Å². The number of rotatable bonds is 4. The van der Waals surface area contributed by atoms with Gasteiger partial charge in [-0.3, -0.25) is 9.78 Å². The van der Waals surface area contributed by atoms with Crippen LogP contribution in [0.5, 0.6) is 0 Å². The van der Waals surface area contributed by atoms with E-state index in [-0.39, 0.29) is 18.0 Å². The van der Waals surface area contributed by atoms with Crippen LogP contribution in [0.15, 0.2) is 18.3 Å². The highest BCUT2D eigenvalue weighted by molar-refractivity contribution is 5.72. The second-order valence-corrected chi connectivity index (χ2v) is 4.88. The summed E-state index contributed by atoms with van der Waals surface area (Å²) in [7, 11) is 0. The number of aromatic nitrogens is 3. The van der Waals surface area contributed by atoms with E-state index in [4.69, 9.17) is 10.8 Å². The molecular formula is C14H15N5O2. The SMILES string of the molecule is CC(C)n1nc(-c2ccc(CC(=O)O)cn2)c(C#N)c1N. The molecule has 0 unspecified atom stereocenters. The minimum absolute atomic E-state index is 0.0251. The predicted octanol–water partition coefficient (Wildman–Crippen LogP) is 1.61. The second-order valence-electron chi connectivity index (χ2n) is 4.88. The van der Waals surface area contributed by atoms with Crippen molar-refractivity contribution in [3.05, 3.63) is 29.5 Å². The van der Waals surface area contributed by atoms with Gasteiger partial charge in [-0.25, -0.2) is 4.68 Å². The average Bonchev–Trinajstić information content (AvgIpc) is 2.76. The molecule has 7 nitrogen and oxygen atoms in total. The number of aliphatic carboxylic acids is 1. The van der Waals surface area contributed by atoms with Crippen LogP contribution in [0.2, 0.25) is 0 Å². The number of carbonyl (C=O) groups is 1. The molecule has 0 radical (unpaired) electrons. The van der Waals surface area contributed by atoms with Crippen LogP contribution in [0.4, 0.5) is 5.82 Å². The molecule has 0 atom stereocenters. The zero-order chi connectivity index (χ0) is 15.6. The minimum atomic E-state index is -0.921. The highest BCUT2D eigenvalue weighted by atomic mass is 16.4. The lowest BCUT2D eigenvalue weighted by atomic mass is 10.1. The van der Waals surface area contributed by atoms with E-state index in [0.717, 1.165) is 0 Å². The molecule has 0 saturated heterocycles. The zero-order valence-corrected chi connectivity index (χ0v) is 11.7. The van der Waals surface area contributed by atoms with Gasteiger partial charge in [0, 0.05) is 12.2 Å². The van der Waals surface area contributed by atoms with Crippen molar-refractivity contribution in [2.75, 3.05) is 5.73 Å². The van der Waals surface area contributed by atoms with Crippen molar-refractivity contribution in [2.24, 2.45) is 0 Å². The number of carboxylic acid groups (broad SMARTS) is 1. The summed E-state index contributed by atoms with van der Waals surface area (Å²) in [5.74, 6) is -0.616. The van der Waals surface area contributed by atoms with Crippen LogP contribution in [0.1, 0.15) is 31.0 Å². The maximum Gasteiger partial charge on any atom is 0.307 e. The molecule has 108 valence electrons. The summed E-state index contributed by atoms with van der Waals surface area (Å²) in [6, 6.07) is 5.37. The van der Waals surface area contributed by atoms with E-state index in [9.17, 15) is 10.1 Å². The summed E-state index contributed by atoms with van der Waals surface area (Å²) in [6.45, 7) is 3.83. The summed E-state index contributed by atoms with van der Waals surface area (Å²) in [6.07, 6.45) is 1.37. The summed E-state index contributed by atoms with van der Waals surface area (Å²) in [5, 5.41) is 22.3. The molecule has 2 aromatic rings. The Hall–Kier alpha value is -2.88. The number of hydrogen-bond acceptors (Lipinski definition) is 5. The fourth-order valence-corrected chi connectivity index (χ4v) is 1.97. The van der Waals surface area contributed by atoms with E-state index in [1.54, 1.807) is 16.8 Å². The lowest BCUT2D eigenvalue weighted by Gasteiger charge is -2.06. The number of pyridine rings is 1. The summed E-state index contributed by atoms with van der Waals surface area (Å²) in [5.41, 5.74) is 7.69. The van der Waals surface area contributed by atoms with Gasteiger partial charge in [0.05, 0.1) is 12.1 Å². The van der Waals surface area contributed by atoms with Gasteiger partial charge in [0.25, 0.3) is 0 Å². The molecule has 7 heteroatoms. The molecule has 2 heterocycles. The van der Waals surface area contributed by atoms with Crippen molar-refractivity contribution < 1.29 is 9.90 Å². The molecule has 0 fully saturated rings. The molecule has 2 aromatic heterocycles. The van der Waals surface area contributed by atoms with Crippen LogP contribution in [0, 0.1) is 11.3 Å². The van der Waals surface area contributed by atoms with Gasteiger partial charge in [0.1, 0.15) is 23.1 Å². The standard InChI is InChI=1S/C14H15N5O2/c1-8(2)19-14(16)10(6-15)13(18-19)11-4-3-9(7-17-11)5-12(20)21/h3-4,7-8H,5,16H2,1-2H3,(H,20,21). The molecule has 3 N–H and O–H groups in total. The average molecular weight is 285 g/mol. The Morgan fingerprint density at radius 3 is 2.71 bits per heavy atom. The first-order valence-corrected chi connectivity index (χ1v) is 6.39. The number of nitrogens with two attached hydrogens (primary N) is 1. The molecule has 0 amide bonds. The first kappa shape index (κ1) is 14.5. The largest absolute Gasteiger partial charge is 0.481 e.